The molecule has 0 fully saturated rings. The zero-order chi connectivity index (χ0) is 16.7. The van der Waals surface area contributed by atoms with Gasteiger partial charge in [-0.1, -0.05) is 24.3 Å². The van der Waals surface area contributed by atoms with E-state index in [9.17, 15) is 9.59 Å². The van der Waals surface area contributed by atoms with Gasteiger partial charge in [-0.25, -0.2) is 4.79 Å². The molecule has 0 spiro atoms. The van der Waals surface area contributed by atoms with Gasteiger partial charge in [0.15, 0.2) is 0 Å². The quantitative estimate of drug-likeness (QED) is 0.763. The van der Waals surface area contributed by atoms with Gasteiger partial charge in [0.05, 0.1) is 18.4 Å². The van der Waals surface area contributed by atoms with E-state index in [2.05, 4.69) is 10.6 Å². The zero-order valence-electron chi connectivity index (χ0n) is 12.8. The van der Waals surface area contributed by atoms with Gasteiger partial charge in [0, 0.05) is 6.54 Å². The van der Waals surface area contributed by atoms with Crippen molar-refractivity contribution in [2.24, 2.45) is 5.73 Å². The van der Waals surface area contributed by atoms with Gasteiger partial charge in [-0.05, 0) is 36.2 Å². The Bertz CT molecular complexity index is 701. The first-order chi connectivity index (χ1) is 11.1. The number of methoxy groups -OCH3 is 1. The number of urea groups is 1. The van der Waals surface area contributed by atoms with Crippen LogP contribution in [0.25, 0.3) is 0 Å². The molecule has 2 rings (SSSR count). The number of carbonyl (C=O) groups excluding carboxylic acids is 2. The summed E-state index contributed by atoms with van der Waals surface area (Å²) in [6.07, 6.45) is 0.669. The molecule has 6 heteroatoms. The molecule has 0 saturated heterocycles. The Morgan fingerprint density at radius 3 is 2.65 bits per heavy atom. The molecule has 4 N–H and O–H groups in total. The normalized spacial score (nSPS) is 9.96. The number of hydrogen-bond donors (Lipinski definition) is 3. The summed E-state index contributed by atoms with van der Waals surface area (Å²) in [4.78, 5) is 23.2. The molecule has 0 aromatic heterocycles. The van der Waals surface area contributed by atoms with Crippen LogP contribution in [-0.4, -0.2) is 25.6 Å². The van der Waals surface area contributed by atoms with E-state index in [1.807, 2.05) is 24.3 Å². The van der Waals surface area contributed by atoms with Crippen molar-refractivity contribution in [2.45, 2.75) is 6.42 Å². The Balaban J connectivity index is 1.87. The summed E-state index contributed by atoms with van der Waals surface area (Å²) in [5, 5.41) is 5.37. The number of para-hydroxylation sites is 1. The van der Waals surface area contributed by atoms with Crippen molar-refractivity contribution in [3.63, 3.8) is 0 Å². The third-order valence-corrected chi connectivity index (χ3v) is 3.27. The van der Waals surface area contributed by atoms with Crippen LogP contribution in [0.1, 0.15) is 15.9 Å². The first-order valence-electron chi connectivity index (χ1n) is 7.17. The van der Waals surface area contributed by atoms with Gasteiger partial charge in [-0.15, -0.1) is 0 Å². The van der Waals surface area contributed by atoms with Crippen molar-refractivity contribution in [2.75, 3.05) is 19.0 Å². The maximum absolute atomic E-state index is 11.9. The van der Waals surface area contributed by atoms with Gasteiger partial charge in [-0.2, -0.15) is 0 Å². The zero-order valence-corrected chi connectivity index (χ0v) is 12.8. The van der Waals surface area contributed by atoms with E-state index in [0.717, 1.165) is 11.3 Å². The highest BCUT2D eigenvalue weighted by Gasteiger charge is 2.09. The van der Waals surface area contributed by atoms with Gasteiger partial charge < -0.3 is 21.1 Å². The smallest absolute Gasteiger partial charge is 0.319 e. The van der Waals surface area contributed by atoms with Crippen molar-refractivity contribution in [3.8, 4) is 5.75 Å². The molecule has 0 saturated carbocycles. The van der Waals surface area contributed by atoms with E-state index in [1.54, 1.807) is 31.4 Å². The number of hydrogen-bond acceptors (Lipinski definition) is 3. The second-order valence-electron chi connectivity index (χ2n) is 4.89. The van der Waals surface area contributed by atoms with E-state index in [1.165, 1.54) is 0 Å². The van der Waals surface area contributed by atoms with E-state index < -0.39 is 5.91 Å². The number of nitrogens with two attached hydrogens (primary N) is 1. The van der Waals surface area contributed by atoms with Crippen molar-refractivity contribution in [1.82, 2.24) is 5.32 Å². The molecule has 2 aromatic rings. The minimum atomic E-state index is -0.586. The Labute approximate surface area is 134 Å². The predicted octanol–water partition coefficient (Wildman–Crippen LogP) is 2.16. The first kappa shape index (κ1) is 16.4. The highest BCUT2D eigenvalue weighted by molar-refractivity contribution is 6.02. The number of amides is 3. The van der Waals surface area contributed by atoms with Gasteiger partial charge in [0.1, 0.15) is 5.75 Å². The summed E-state index contributed by atoms with van der Waals surface area (Å²) < 4.78 is 5.15. The number of rotatable bonds is 6. The number of benzene rings is 2. The first-order valence-corrected chi connectivity index (χ1v) is 7.17. The largest absolute Gasteiger partial charge is 0.497 e. The van der Waals surface area contributed by atoms with Gasteiger partial charge in [0.25, 0.3) is 5.91 Å². The molecule has 0 atom stereocenters. The maximum Gasteiger partial charge on any atom is 0.319 e. The molecule has 0 aliphatic rings. The Morgan fingerprint density at radius 1 is 1.13 bits per heavy atom. The summed E-state index contributed by atoms with van der Waals surface area (Å²) >= 11 is 0. The molecule has 0 bridgehead atoms. The fourth-order valence-corrected chi connectivity index (χ4v) is 2.12. The number of anilines is 1. The molecule has 6 nitrogen and oxygen atoms in total. The van der Waals surface area contributed by atoms with Gasteiger partial charge >= 0.3 is 6.03 Å². The van der Waals surface area contributed by atoms with E-state index in [-0.39, 0.29) is 11.6 Å². The van der Waals surface area contributed by atoms with Crippen LogP contribution in [0, 0.1) is 0 Å². The van der Waals surface area contributed by atoms with Crippen molar-refractivity contribution >= 4 is 17.6 Å². The van der Waals surface area contributed by atoms with Crippen LogP contribution >= 0.6 is 0 Å². The van der Waals surface area contributed by atoms with E-state index in [0.29, 0.717) is 18.7 Å². The van der Waals surface area contributed by atoms with E-state index >= 15 is 0 Å². The molecule has 3 amide bonds. The highest BCUT2D eigenvalue weighted by Crippen LogP contribution is 2.14. The monoisotopic (exact) mass is 313 g/mol. The Morgan fingerprint density at radius 2 is 1.91 bits per heavy atom. The SMILES string of the molecule is COc1cccc(CCNC(=O)Nc2ccccc2C(N)=O)c1. The lowest BCUT2D eigenvalue weighted by atomic mass is 10.1. The Hall–Kier alpha value is -3.02. The van der Waals surface area contributed by atoms with Crippen molar-refractivity contribution < 1.29 is 14.3 Å². The number of carbonyl (C=O) groups is 2. The number of primary amides is 1. The molecule has 23 heavy (non-hydrogen) atoms. The molecule has 120 valence electrons. The third-order valence-electron chi connectivity index (χ3n) is 3.27. The fraction of sp³-hybridized carbons (Fsp3) is 0.176. The minimum Gasteiger partial charge on any atom is -0.497 e. The van der Waals surface area contributed by atoms with Crippen LogP contribution in [0.4, 0.5) is 10.5 Å². The summed E-state index contributed by atoms with van der Waals surface area (Å²) in [7, 11) is 1.61. The second-order valence-corrected chi connectivity index (χ2v) is 4.89. The molecule has 0 aliphatic carbocycles. The molecule has 0 aliphatic heterocycles. The Kier molecular flexibility index (Phi) is 5.57. The molecule has 0 unspecified atom stereocenters. The summed E-state index contributed by atoms with van der Waals surface area (Å²) in [5.74, 6) is 0.194. The van der Waals surface area contributed by atoms with Crippen LogP contribution in [0.15, 0.2) is 48.5 Å². The van der Waals surface area contributed by atoms with E-state index in [4.69, 9.17) is 10.5 Å². The summed E-state index contributed by atoms with van der Waals surface area (Å²) in [5.41, 5.74) is 6.99. The van der Waals surface area contributed by atoms with Crippen molar-refractivity contribution in [3.05, 3.63) is 59.7 Å². The molecular weight excluding hydrogens is 294 g/mol. The molecule has 0 radical (unpaired) electrons. The lowest BCUT2D eigenvalue weighted by molar-refractivity contribution is 0.100. The van der Waals surface area contributed by atoms with Gasteiger partial charge in [-0.3, -0.25) is 4.79 Å². The molecule has 0 heterocycles. The average molecular weight is 313 g/mol. The highest BCUT2D eigenvalue weighted by atomic mass is 16.5. The second kappa shape index (κ2) is 7.84. The van der Waals surface area contributed by atoms with Crippen LogP contribution in [-0.2, 0) is 6.42 Å². The lowest BCUT2D eigenvalue weighted by Crippen LogP contribution is -2.31. The predicted molar refractivity (Wildman–Crippen MR) is 88.7 cm³/mol. The topological polar surface area (TPSA) is 93.4 Å². The number of ether oxygens (including phenoxy) is 1. The summed E-state index contributed by atoms with van der Waals surface area (Å²) in [6.45, 7) is 0.456. The number of nitrogens with one attached hydrogen (secondary N) is 2. The van der Waals surface area contributed by atoms with Crippen LogP contribution in [0.2, 0.25) is 0 Å². The molecular formula is C17H19N3O3. The third kappa shape index (κ3) is 4.74. The van der Waals surface area contributed by atoms with Crippen LogP contribution in [0.5, 0.6) is 5.75 Å². The van der Waals surface area contributed by atoms with Crippen LogP contribution in [0.3, 0.4) is 0 Å². The maximum atomic E-state index is 11.9. The summed E-state index contributed by atoms with van der Waals surface area (Å²) in [6, 6.07) is 13.9. The minimum absolute atomic E-state index is 0.274. The van der Waals surface area contributed by atoms with Crippen LogP contribution < -0.4 is 21.1 Å². The lowest BCUT2D eigenvalue weighted by Gasteiger charge is -2.10. The van der Waals surface area contributed by atoms with Gasteiger partial charge in [0.2, 0.25) is 0 Å². The van der Waals surface area contributed by atoms with Crippen molar-refractivity contribution in [1.29, 1.82) is 0 Å². The molecule has 2 aromatic carbocycles. The standard InChI is InChI=1S/C17H19N3O3/c1-23-13-6-4-5-12(11-13)9-10-19-17(22)20-15-8-3-2-7-14(15)16(18)21/h2-8,11H,9-10H2,1H3,(H2,18,21)(H2,19,20,22). The fourth-order valence-electron chi connectivity index (χ4n) is 2.12. The average Bonchev–Trinajstić information content (AvgIpc) is 2.55.